The third kappa shape index (κ3) is 3.45. The summed E-state index contributed by atoms with van der Waals surface area (Å²) in [4.78, 5) is 11.8. The van der Waals surface area contributed by atoms with Crippen molar-refractivity contribution >= 4 is 23.2 Å². The van der Waals surface area contributed by atoms with Crippen LogP contribution in [0.15, 0.2) is 42.5 Å². The average molecular weight is 280 g/mol. The topological polar surface area (TPSA) is 49.3 Å². The maximum Gasteiger partial charge on any atom is 0.228 e. The third-order valence-electron chi connectivity index (χ3n) is 2.50. The minimum absolute atomic E-state index is 0.0268. The van der Waals surface area contributed by atoms with E-state index in [0.29, 0.717) is 5.56 Å². The molecule has 5 heteroatoms. The molecular weight excluding hydrogens is 269 g/mol. The van der Waals surface area contributed by atoms with Gasteiger partial charge in [0, 0.05) is 0 Å². The lowest BCUT2D eigenvalue weighted by molar-refractivity contribution is -0.115. The van der Waals surface area contributed by atoms with Crippen LogP contribution in [0, 0.1) is 5.82 Å². The van der Waals surface area contributed by atoms with Gasteiger partial charge < -0.3 is 10.4 Å². The zero-order chi connectivity index (χ0) is 13.8. The molecule has 0 saturated heterocycles. The molecule has 2 aromatic carbocycles. The van der Waals surface area contributed by atoms with Gasteiger partial charge in [0.05, 0.1) is 17.1 Å². The summed E-state index contributed by atoms with van der Waals surface area (Å²) in [6, 6.07) is 10.5. The third-order valence-corrected chi connectivity index (χ3v) is 2.82. The largest absolute Gasteiger partial charge is 0.508 e. The molecule has 2 N–H and O–H groups in total. The Bertz CT molecular complexity index is 596. The van der Waals surface area contributed by atoms with E-state index in [1.165, 1.54) is 30.3 Å². The second-order valence-corrected chi connectivity index (χ2v) is 4.40. The Labute approximate surface area is 114 Å². The number of nitrogens with one attached hydrogen (secondary N) is 1. The number of hydrogen-bond acceptors (Lipinski definition) is 2. The summed E-state index contributed by atoms with van der Waals surface area (Å²) >= 11 is 5.81. The summed E-state index contributed by atoms with van der Waals surface area (Å²) in [5.74, 6) is -0.913. The van der Waals surface area contributed by atoms with Crippen LogP contribution in [0.3, 0.4) is 0 Å². The van der Waals surface area contributed by atoms with Gasteiger partial charge in [0.2, 0.25) is 5.91 Å². The van der Waals surface area contributed by atoms with Crippen LogP contribution >= 0.6 is 11.6 Å². The summed E-state index contributed by atoms with van der Waals surface area (Å²) in [6.45, 7) is 0. The molecule has 0 aliphatic carbocycles. The van der Waals surface area contributed by atoms with Crippen LogP contribution in [0.5, 0.6) is 5.75 Å². The maximum absolute atomic E-state index is 13.5. The number of aromatic hydroxyl groups is 1. The molecule has 1 amide bonds. The molecule has 3 nitrogen and oxygen atoms in total. The molecule has 0 aliphatic rings. The molecule has 0 unspecified atom stereocenters. The Morgan fingerprint density at radius 1 is 1.26 bits per heavy atom. The Balaban J connectivity index is 2.10. The molecule has 0 fully saturated rings. The van der Waals surface area contributed by atoms with Crippen LogP contribution in [-0.2, 0) is 11.2 Å². The number of rotatable bonds is 3. The Kier molecular flexibility index (Phi) is 4.02. The number of benzene rings is 2. The second-order valence-electron chi connectivity index (χ2n) is 3.99. The molecule has 2 rings (SSSR count). The number of hydrogen-bond donors (Lipinski definition) is 2. The molecule has 0 heterocycles. The van der Waals surface area contributed by atoms with Crippen LogP contribution in [0.2, 0.25) is 5.02 Å². The lowest BCUT2D eigenvalue weighted by atomic mass is 10.1. The molecule has 0 radical (unpaired) electrons. The summed E-state index contributed by atoms with van der Waals surface area (Å²) in [6.07, 6.45) is 0.0268. The molecule has 0 aromatic heterocycles. The lowest BCUT2D eigenvalue weighted by Crippen LogP contribution is -2.15. The van der Waals surface area contributed by atoms with Crippen molar-refractivity contribution in [1.29, 1.82) is 0 Å². The molecule has 19 heavy (non-hydrogen) atoms. The molecule has 0 bridgehead atoms. The summed E-state index contributed by atoms with van der Waals surface area (Å²) in [5.41, 5.74) is 0.597. The average Bonchev–Trinajstić information content (AvgIpc) is 2.34. The van der Waals surface area contributed by atoms with Crippen molar-refractivity contribution in [2.75, 3.05) is 5.32 Å². The van der Waals surface area contributed by atoms with Gasteiger partial charge in [0.1, 0.15) is 11.6 Å². The summed E-state index contributed by atoms with van der Waals surface area (Å²) in [7, 11) is 0. The van der Waals surface area contributed by atoms with Crippen molar-refractivity contribution in [2.24, 2.45) is 0 Å². The van der Waals surface area contributed by atoms with Gasteiger partial charge >= 0.3 is 0 Å². The predicted octanol–water partition coefficient (Wildman–Crippen LogP) is 3.37. The van der Waals surface area contributed by atoms with Crippen molar-refractivity contribution in [2.45, 2.75) is 6.42 Å². The molecule has 0 atom stereocenters. The number of halogens is 2. The number of carbonyl (C=O) groups excluding carboxylic acids is 1. The molecule has 0 aliphatic heterocycles. The molecular formula is C14H11ClFNO2. The van der Waals surface area contributed by atoms with Crippen LogP contribution < -0.4 is 5.32 Å². The van der Waals surface area contributed by atoms with Gasteiger partial charge in [0.15, 0.2) is 0 Å². The van der Waals surface area contributed by atoms with E-state index in [1.807, 2.05) is 0 Å². The Hall–Kier alpha value is -2.07. The first-order chi connectivity index (χ1) is 9.06. The standard InChI is InChI=1S/C14H11ClFNO2/c15-11-5-2-6-12(16)14(11)17-13(19)8-9-3-1-4-10(18)7-9/h1-7,18H,8H2,(H,17,19). The summed E-state index contributed by atoms with van der Waals surface area (Å²) in [5, 5.41) is 11.9. The minimum Gasteiger partial charge on any atom is -0.508 e. The zero-order valence-electron chi connectivity index (χ0n) is 9.86. The van der Waals surface area contributed by atoms with Gasteiger partial charge in [0.25, 0.3) is 0 Å². The van der Waals surface area contributed by atoms with E-state index in [1.54, 1.807) is 12.1 Å². The van der Waals surface area contributed by atoms with E-state index >= 15 is 0 Å². The van der Waals surface area contributed by atoms with Gasteiger partial charge in [-0.3, -0.25) is 4.79 Å². The highest BCUT2D eigenvalue weighted by Crippen LogP contribution is 2.24. The number of carbonyl (C=O) groups is 1. The Morgan fingerprint density at radius 2 is 2.00 bits per heavy atom. The zero-order valence-corrected chi connectivity index (χ0v) is 10.6. The van der Waals surface area contributed by atoms with E-state index in [-0.39, 0.29) is 22.9 Å². The van der Waals surface area contributed by atoms with Crippen molar-refractivity contribution in [3.05, 3.63) is 58.9 Å². The van der Waals surface area contributed by atoms with Gasteiger partial charge in [-0.1, -0.05) is 29.8 Å². The fourth-order valence-electron chi connectivity index (χ4n) is 1.65. The highest BCUT2D eigenvalue weighted by Gasteiger charge is 2.11. The number of anilines is 1. The summed E-state index contributed by atoms with van der Waals surface area (Å²) < 4.78 is 13.5. The SMILES string of the molecule is O=C(Cc1cccc(O)c1)Nc1c(F)cccc1Cl. The van der Waals surface area contributed by atoms with E-state index < -0.39 is 11.7 Å². The van der Waals surface area contributed by atoms with Crippen LogP contribution in [0.1, 0.15) is 5.56 Å². The van der Waals surface area contributed by atoms with Crippen molar-refractivity contribution in [3.8, 4) is 5.75 Å². The number of phenols is 1. The van der Waals surface area contributed by atoms with Crippen LogP contribution in [0.25, 0.3) is 0 Å². The fraction of sp³-hybridized carbons (Fsp3) is 0.0714. The molecule has 98 valence electrons. The first-order valence-corrected chi connectivity index (χ1v) is 5.96. The van der Waals surface area contributed by atoms with Crippen molar-refractivity contribution in [3.63, 3.8) is 0 Å². The van der Waals surface area contributed by atoms with E-state index in [0.717, 1.165) is 0 Å². The first kappa shape index (κ1) is 13.4. The van der Waals surface area contributed by atoms with Gasteiger partial charge in [-0.25, -0.2) is 4.39 Å². The normalized spacial score (nSPS) is 10.2. The molecule has 0 spiro atoms. The fourth-order valence-corrected chi connectivity index (χ4v) is 1.86. The number of amides is 1. The first-order valence-electron chi connectivity index (χ1n) is 5.58. The quantitative estimate of drug-likeness (QED) is 0.905. The van der Waals surface area contributed by atoms with Gasteiger partial charge in [-0.2, -0.15) is 0 Å². The molecule has 0 saturated carbocycles. The van der Waals surface area contributed by atoms with E-state index in [2.05, 4.69) is 5.32 Å². The van der Waals surface area contributed by atoms with E-state index in [9.17, 15) is 14.3 Å². The minimum atomic E-state index is -0.586. The smallest absolute Gasteiger partial charge is 0.228 e. The van der Waals surface area contributed by atoms with Crippen LogP contribution in [0.4, 0.5) is 10.1 Å². The monoisotopic (exact) mass is 279 g/mol. The predicted molar refractivity (Wildman–Crippen MR) is 71.9 cm³/mol. The number of para-hydroxylation sites is 1. The van der Waals surface area contributed by atoms with Crippen molar-refractivity contribution in [1.82, 2.24) is 0 Å². The molecule has 2 aromatic rings. The highest BCUT2D eigenvalue weighted by atomic mass is 35.5. The van der Waals surface area contributed by atoms with Crippen LogP contribution in [-0.4, -0.2) is 11.0 Å². The Morgan fingerprint density at radius 3 is 2.68 bits per heavy atom. The second kappa shape index (κ2) is 5.71. The highest BCUT2D eigenvalue weighted by molar-refractivity contribution is 6.33. The van der Waals surface area contributed by atoms with Gasteiger partial charge in [-0.05, 0) is 29.8 Å². The van der Waals surface area contributed by atoms with Gasteiger partial charge in [-0.15, -0.1) is 0 Å². The maximum atomic E-state index is 13.5. The number of phenolic OH excluding ortho intramolecular Hbond substituents is 1. The van der Waals surface area contributed by atoms with Crippen molar-refractivity contribution < 1.29 is 14.3 Å². The lowest BCUT2D eigenvalue weighted by Gasteiger charge is -2.08. The van der Waals surface area contributed by atoms with E-state index in [4.69, 9.17) is 11.6 Å².